The number of hydrogen-bond donors (Lipinski definition) is 3. The minimum absolute atomic E-state index is 0.114. The first-order chi connectivity index (χ1) is 9.43. The van der Waals surface area contributed by atoms with Crippen LogP contribution in [0.3, 0.4) is 0 Å². The molecule has 0 aromatic carbocycles. The number of urea groups is 1. The predicted octanol–water partition coefficient (Wildman–Crippen LogP) is 0.761. The molecule has 7 heteroatoms. The van der Waals surface area contributed by atoms with Crippen molar-refractivity contribution < 1.29 is 14.7 Å². The van der Waals surface area contributed by atoms with E-state index in [9.17, 15) is 9.59 Å². The van der Waals surface area contributed by atoms with Crippen molar-refractivity contribution in [2.75, 3.05) is 6.54 Å². The molecule has 0 spiro atoms. The molecule has 1 unspecified atom stereocenters. The van der Waals surface area contributed by atoms with Crippen molar-refractivity contribution in [2.45, 2.75) is 32.7 Å². The molecule has 1 aromatic rings. The van der Waals surface area contributed by atoms with Gasteiger partial charge < -0.3 is 15.7 Å². The average Bonchev–Trinajstić information content (AvgIpc) is 2.80. The zero-order chi connectivity index (χ0) is 15.1. The van der Waals surface area contributed by atoms with Gasteiger partial charge in [-0.2, -0.15) is 5.10 Å². The Labute approximate surface area is 118 Å². The minimum Gasteiger partial charge on any atom is -0.480 e. The quantitative estimate of drug-likeness (QED) is 0.688. The van der Waals surface area contributed by atoms with Gasteiger partial charge in [-0.1, -0.05) is 20.3 Å². The van der Waals surface area contributed by atoms with Gasteiger partial charge in [-0.05, 0) is 17.9 Å². The van der Waals surface area contributed by atoms with Crippen molar-refractivity contribution in [3.63, 3.8) is 0 Å². The van der Waals surface area contributed by atoms with Crippen molar-refractivity contribution in [1.29, 1.82) is 0 Å². The van der Waals surface area contributed by atoms with Gasteiger partial charge in [0.2, 0.25) is 0 Å². The number of nitrogens with one attached hydrogen (secondary N) is 2. The molecule has 2 amide bonds. The minimum atomic E-state index is -1.01. The summed E-state index contributed by atoms with van der Waals surface area (Å²) in [5, 5.41) is 18.2. The van der Waals surface area contributed by atoms with Crippen LogP contribution in [0.1, 0.15) is 25.8 Å². The van der Waals surface area contributed by atoms with Gasteiger partial charge in [0.1, 0.15) is 6.04 Å². The Morgan fingerprint density at radius 3 is 2.70 bits per heavy atom. The van der Waals surface area contributed by atoms with E-state index >= 15 is 0 Å². The Morgan fingerprint density at radius 2 is 2.20 bits per heavy atom. The van der Waals surface area contributed by atoms with Crippen LogP contribution < -0.4 is 10.6 Å². The fourth-order valence-corrected chi connectivity index (χ4v) is 1.80. The fraction of sp³-hybridized carbons (Fsp3) is 0.615. The lowest BCUT2D eigenvalue weighted by Crippen LogP contribution is -2.49. The maximum Gasteiger partial charge on any atom is 0.326 e. The van der Waals surface area contributed by atoms with E-state index in [2.05, 4.69) is 15.7 Å². The number of aryl methyl sites for hydroxylation is 1. The number of carboxylic acid groups (broad SMARTS) is 1. The summed E-state index contributed by atoms with van der Waals surface area (Å²) >= 11 is 0. The standard InChI is InChI=1S/C13H22N4O3/c1-4-9(2)11(12(18)19)16-13(20)14-6-5-10-7-15-17(3)8-10/h7-9,11H,4-6H2,1-3H3,(H,18,19)(H2,14,16,20)/t9?,11-/m0/s1. The summed E-state index contributed by atoms with van der Waals surface area (Å²) in [5.41, 5.74) is 1.02. The number of hydrogen-bond acceptors (Lipinski definition) is 3. The summed E-state index contributed by atoms with van der Waals surface area (Å²) in [5.74, 6) is -1.13. The van der Waals surface area contributed by atoms with Gasteiger partial charge in [0, 0.05) is 19.8 Å². The topological polar surface area (TPSA) is 96.3 Å². The van der Waals surface area contributed by atoms with E-state index in [1.165, 1.54) is 0 Å². The van der Waals surface area contributed by atoms with E-state index < -0.39 is 18.0 Å². The van der Waals surface area contributed by atoms with Gasteiger partial charge >= 0.3 is 12.0 Å². The lowest BCUT2D eigenvalue weighted by molar-refractivity contribution is -0.140. The molecule has 0 aliphatic heterocycles. The third-order valence-corrected chi connectivity index (χ3v) is 3.22. The number of carbonyl (C=O) groups excluding carboxylic acids is 1. The predicted molar refractivity (Wildman–Crippen MR) is 74.3 cm³/mol. The number of amides is 2. The monoisotopic (exact) mass is 282 g/mol. The summed E-state index contributed by atoms with van der Waals surface area (Å²) in [6.45, 7) is 4.13. The molecule has 1 aromatic heterocycles. The molecular weight excluding hydrogens is 260 g/mol. The van der Waals surface area contributed by atoms with Crippen molar-refractivity contribution >= 4 is 12.0 Å². The van der Waals surface area contributed by atoms with Crippen LogP contribution in [0.2, 0.25) is 0 Å². The van der Waals surface area contributed by atoms with Crippen LogP contribution in [0, 0.1) is 5.92 Å². The molecule has 0 saturated carbocycles. The molecular formula is C13H22N4O3. The third kappa shape index (κ3) is 4.91. The van der Waals surface area contributed by atoms with Crippen molar-refractivity contribution in [2.24, 2.45) is 13.0 Å². The average molecular weight is 282 g/mol. The number of aliphatic carboxylic acids is 1. The van der Waals surface area contributed by atoms with E-state index in [0.29, 0.717) is 19.4 Å². The summed E-state index contributed by atoms with van der Waals surface area (Å²) in [6.07, 6.45) is 4.95. The molecule has 0 aliphatic carbocycles. The van der Waals surface area contributed by atoms with Gasteiger partial charge in [0.25, 0.3) is 0 Å². The highest BCUT2D eigenvalue weighted by atomic mass is 16.4. The normalized spacial score (nSPS) is 13.6. The van der Waals surface area contributed by atoms with Crippen LogP contribution in [0.15, 0.2) is 12.4 Å². The highest BCUT2D eigenvalue weighted by molar-refractivity contribution is 5.82. The first-order valence-corrected chi connectivity index (χ1v) is 6.68. The van der Waals surface area contributed by atoms with Crippen molar-refractivity contribution in [1.82, 2.24) is 20.4 Å². The Balaban J connectivity index is 2.36. The van der Waals surface area contributed by atoms with Gasteiger partial charge in [0.05, 0.1) is 6.20 Å². The largest absolute Gasteiger partial charge is 0.480 e. The Hall–Kier alpha value is -2.05. The van der Waals surface area contributed by atoms with E-state index in [1.54, 1.807) is 17.8 Å². The molecule has 7 nitrogen and oxygen atoms in total. The van der Waals surface area contributed by atoms with Crippen molar-refractivity contribution in [3.8, 4) is 0 Å². The molecule has 112 valence electrons. The maximum absolute atomic E-state index is 11.7. The summed E-state index contributed by atoms with van der Waals surface area (Å²) in [4.78, 5) is 22.7. The second-order valence-corrected chi connectivity index (χ2v) is 4.87. The molecule has 3 N–H and O–H groups in total. The summed E-state index contributed by atoms with van der Waals surface area (Å²) < 4.78 is 1.69. The molecule has 1 heterocycles. The summed E-state index contributed by atoms with van der Waals surface area (Å²) in [7, 11) is 1.83. The van der Waals surface area contributed by atoms with Gasteiger partial charge in [0.15, 0.2) is 0 Å². The number of aromatic nitrogens is 2. The van der Waals surface area contributed by atoms with Gasteiger partial charge in [-0.25, -0.2) is 9.59 Å². The maximum atomic E-state index is 11.7. The van der Waals surface area contributed by atoms with E-state index in [4.69, 9.17) is 5.11 Å². The first-order valence-electron chi connectivity index (χ1n) is 6.68. The zero-order valence-electron chi connectivity index (χ0n) is 12.1. The van der Waals surface area contributed by atoms with Gasteiger partial charge in [-0.3, -0.25) is 4.68 Å². The third-order valence-electron chi connectivity index (χ3n) is 3.22. The lowest BCUT2D eigenvalue weighted by atomic mass is 9.99. The number of nitrogens with zero attached hydrogens (tertiary/aromatic N) is 2. The van der Waals surface area contributed by atoms with Crippen LogP contribution in [0.4, 0.5) is 4.79 Å². The second-order valence-electron chi connectivity index (χ2n) is 4.87. The number of carboxylic acids is 1. The number of carbonyl (C=O) groups is 2. The van der Waals surface area contributed by atoms with Crippen molar-refractivity contribution in [3.05, 3.63) is 18.0 Å². The van der Waals surface area contributed by atoms with E-state index in [-0.39, 0.29) is 5.92 Å². The highest BCUT2D eigenvalue weighted by Gasteiger charge is 2.24. The Bertz CT molecular complexity index is 458. The molecule has 0 saturated heterocycles. The van der Waals surface area contributed by atoms with Crippen LogP contribution >= 0.6 is 0 Å². The SMILES string of the molecule is CCC(C)[C@H](NC(=O)NCCc1cnn(C)c1)C(=O)O. The Kier molecular flexibility index (Phi) is 6.02. The number of rotatable bonds is 7. The van der Waals surface area contributed by atoms with E-state index in [1.807, 2.05) is 20.2 Å². The molecule has 0 bridgehead atoms. The molecule has 1 rings (SSSR count). The fourth-order valence-electron chi connectivity index (χ4n) is 1.80. The van der Waals surface area contributed by atoms with Crippen LogP contribution in [-0.4, -0.2) is 39.5 Å². The van der Waals surface area contributed by atoms with Gasteiger partial charge in [-0.15, -0.1) is 0 Å². The first kappa shape index (κ1) is 16.0. The zero-order valence-corrected chi connectivity index (χ0v) is 12.1. The lowest BCUT2D eigenvalue weighted by Gasteiger charge is -2.20. The summed E-state index contributed by atoms with van der Waals surface area (Å²) in [6, 6.07) is -1.32. The second kappa shape index (κ2) is 7.52. The van der Waals surface area contributed by atoms with E-state index in [0.717, 1.165) is 5.56 Å². The molecule has 20 heavy (non-hydrogen) atoms. The molecule has 0 radical (unpaired) electrons. The molecule has 0 fully saturated rings. The molecule has 2 atom stereocenters. The smallest absolute Gasteiger partial charge is 0.326 e. The highest BCUT2D eigenvalue weighted by Crippen LogP contribution is 2.07. The van der Waals surface area contributed by atoms with Crippen LogP contribution in [0.25, 0.3) is 0 Å². The van der Waals surface area contributed by atoms with Crippen LogP contribution in [-0.2, 0) is 18.3 Å². The van der Waals surface area contributed by atoms with Crippen LogP contribution in [0.5, 0.6) is 0 Å². The molecule has 0 aliphatic rings. The Morgan fingerprint density at radius 1 is 1.50 bits per heavy atom.